The van der Waals surface area contributed by atoms with Crippen molar-refractivity contribution >= 4 is 15.9 Å². The Balaban J connectivity index is 2.53. The number of ether oxygens (including phenoxy) is 1. The SMILES string of the molecule is CCCCOc1ccc(Br)c(CNCCC)c1. The number of halogens is 1. The van der Waals surface area contributed by atoms with Gasteiger partial charge in [-0.1, -0.05) is 36.2 Å². The molecule has 0 unspecified atom stereocenters. The molecule has 1 N–H and O–H groups in total. The molecule has 96 valence electrons. The number of benzene rings is 1. The third kappa shape index (κ3) is 5.55. The molecule has 1 aromatic rings. The zero-order valence-corrected chi connectivity index (χ0v) is 12.3. The van der Waals surface area contributed by atoms with E-state index in [-0.39, 0.29) is 0 Å². The molecule has 0 fully saturated rings. The molecule has 1 aromatic carbocycles. The summed E-state index contributed by atoms with van der Waals surface area (Å²) in [5.74, 6) is 0.968. The van der Waals surface area contributed by atoms with Crippen molar-refractivity contribution < 1.29 is 4.74 Å². The highest BCUT2D eigenvalue weighted by Crippen LogP contribution is 2.22. The quantitative estimate of drug-likeness (QED) is 0.729. The molecule has 0 aromatic heterocycles. The molecule has 0 saturated heterocycles. The molecule has 17 heavy (non-hydrogen) atoms. The van der Waals surface area contributed by atoms with E-state index in [0.29, 0.717) is 0 Å². The topological polar surface area (TPSA) is 21.3 Å². The minimum Gasteiger partial charge on any atom is -0.494 e. The van der Waals surface area contributed by atoms with Crippen LogP contribution in [0.2, 0.25) is 0 Å². The Bertz CT molecular complexity index is 328. The van der Waals surface area contributed by atoms with Gasteiger partial charge in [-0.25, -0.2) is 0 Å². The van der Waals surface area contributed by atoms with Gasteiger partial charge in [-0.3, -0.25) is 0 Å². The van der Waals surface area contributed by atoms with Crippen molar-refractivity contribution in [1.29, 1.82) is 0 Å². The second kappa shape index (κ2) is 8.54. The van der Waals surface area contributed by atoms with E-state index >= 15 is 0 Å². The maximum Gasteiger partial charge on any atom is 0.119 e. The lowest BCUT2D eigenvalue weighted by molar-refractivity contribution is 0.309. The minimum atomic E-state index is 0.806. The zero-order chi connectivity index (χ0) is 12.5. The normalized spacial score (nSPS) is 10.5. The van der Waals surface area contributed by atoms with Crippen molar-refractivity contribution in [3.05, 3.63) is 28.2 Å². The Morgan fingerprint density at radius 3 is 2.76 bits per heavy atom. The van der Waals surface area contributed by atoms with E-state index in [2.05, 4.69) is 47.2 Å². The highest BCUT2D eigenvalue weighted by Gasteiger charge is 2.02. The van der Waals surface area contributed by atoms with Gasteiger partial charge < -0.3 is 10.1 Å². The largest absolute Gasteiger partial charge is 0.494 e. The van der Waals surface area contributed by atoms with Crippen LogP contribution < -0.4 is 10.1 Å². The lowest BCUT2D eigenvalue weighted by atomic mass is 10.2. The van der Waals surface area contributed by atoms with Crippen LogP contribution in [0.5, 0.6) is 5.75 Å². The number of rotatable bonds is 8. The molecule has 0 atom stereocenters. The smallest absolute Gasteiger partial charge is 0.119 e. The number of unbranched alkanes of at least 4 members (excludes halogenated alkanes) is 1. The molecule has 0 spiro atoms. The second-order valence-corrected chi connectivity index (χ2v) is 4.99. The summed E-state index contributed by atoms with van der Waals surface area (Å²) in [4.78, 5) is 0. The monoisotopic (exact) mass is 299 g/mol. The van der Waals surface area contributed by atoms with Crippen LogP contribution in [0.4, 0.5) is 0 Å². The summed E-state index contributed by atoms with van der Waals surface area (Å²) >= 11 is 3.57. The third-order valence-electron chi connectivity index (χ3n) is 2.53. The maximum absolute atomic E-state index is 5.70. The summed E-state index contributed by atoms with van der Waals surface area (Å²) < 4.78 is 6.84. The fourth-order valence-corrected chi connectivity index (χ4v) is 1.90. The third-order valence-corrected chi connectivity index (χ3v) is 3.30. The maximum atomic E-state index is 5.70. The first-order chi connectivity index (χ1) is 8.27. The van der Waals surface area contributed by atoms with Gasteiger partial charge in [-0.2, -0.15) is 0 Å². The highest BCUT2D eigenvalue weighted by atomic mass is 79.9. The molecule has 0 heterocycles. The van der Waals surface area contributed by atoms with E-state index in [0.717, 1.165) is 42.8 Å². The molecule has 0 bridgehead atoms. The summed E-state index contributed by atoms with van der Waals surface area (Å²) in [5, 5.41) is 3.40. The number of hydrogen-bond acceptors (Lipinski definition) is 2. The predicted octanol–water partition coefficient (Wildman–Crippen LogP) is 4.13. The fourth-order valence-electron chi connectivity index (χ4n) is 1.51. The van der Waals surface area contributed by atoms with Gasteiger partial charge in [0.15, 0.2) is 0 Å². The Morgan fingerprint density at radius 2 is 2.06 bits per heavy atom. The molecule has 0 aliphatic heterocycles. The van der Waals surface area contributed by atoms with Crippen molar-refractivity contribution in [2.75, 3.05) is 13.2 Å². The standard InChI is InChI=1S/C14H22BrNO/c1-3-5-9-17-13-6-7-14(15)12(10-13)11-16-8-4-2/h6-7,10,16H,3-5,8-9,11H2,1-2H3. The van der Waals surface area contributed by atoms with Crippen molar-refractivity contribution in [3.8, 4) is 5.75 Å². The molecule has 0 amide bonds. The number of hydrogen-bond donors (Lipinski definition) is 1. The Hall–Kier alpha value is -0.540. The molecule has 3 heteroatoms. The van der Waals surface area contributed by atoms with Crippen molar-refractivity contribution in [3.63, 3.8) is 0 Å². The molecule has 0 radical (unpaired) electrons. The van der Waals surface area contributed by atoms with Crippen LogP contribution in [0.3, 0.4) is 0 Å². The van der Waals surface area contributed by atoms with Crippen LogP contribution in [-0.4, -0.2) is 13.2 Å². The molecule has 0 saturated carbocycles. The molecule has 1 rings (SSSR count). The molecular formula is C14H22BrNO. The summed E-state index contributed by atoms with van der Waals surface area (Å²) in [6.45, 7) is 7.09. The van der Waals surface area contributed by atoms with Crippen LogP contribution >= 0.6 is 15.9 Å². The molecular weight excluding hydrogens is 278 g/mol. The van der Waals surface area contributed by atoms with E-state index in [1.165, 1.54) is 12.0 Å². The van der Waals surface area contributed by atoms with Crippen molar-refractivity contribution in [2.24, 2.45) is 0 Å². The van der Waals surface area contributed by atoms with Crippen LogP contribution in [0.1, 0.15) is 38.7 Å². The van der Waals surface area contributed by atoms with E-state index in [1.807, 2.05) is 6.07 Å². The van der Waals surface area contributed by atoms with E-state index in [1.54, 1.807) is 0 Å². The summed E-state index contributed by atoms with van der Waals surface area (Å²) in [7, 11) is 0. The van der Waals surface area contributed by atoms with Gasteiger partial charge >= 0.3 is 0 Å². The van der Waals surface area contributed by atoms with Crippen LogP contribution in [-0.2, 0) is 6.54 Å². The van der Waals surface area contributed by atoms with Crippen LogP contribution in [0.15, 0.2) is 22.7 Å². The van der Waals surface area contributed by atoms with Gasteiger partial charge in [0.05, 0.1) is 6.61 Å². The molecule has 2 nitrogen and oxygen atoms in total. The zero-order valence-electron chi connectivity index (χ0n) is 10.8. The Morgan fingerprint density at radius 1 is 1.24 bits per heavy atom. The van der Waals surface area contributed by atoms with E-state index < -0.39 is 0 Å². The average Bonchev–Trinajstić information content (AvgIpc) is 2.33. The van der Waals surface area contributed by atoms with Gasteiger partial charge in [0.25, 0.3) is 0 Å². The minimum absolute atomic E-state index is 0.806. The van der Waals surface area contributed by atoms with Crippen molar-refractivity contribution in [2.45, 2.75) is 39.7 Å². The van der Waals surface area contributed by atoms with Crippen LogP contribution in [0, 0.1) is 0 Å². The van der Waals surface area contributed by atoms with E-state index in [4.69, 9.17) is 4.74 Å². The second-order valence-electron chi connectivity index (χ2n) is 4.13. The molecule has 0 aliphatic rings. The Kier molecular flexibility index (Phi) is 7.29. The number of nitrogens with one attached hydrogen (secondary N) is 1. The Labute approximate surface area is 113 Å². The van der Waals surface area contributed by atoms with Gasteiger partial charge in [0.2, 0.25) is 0 Å². The van der Waals surface area contributed by atoms with Gasteiger partial charge in [-0.15, -0.1) is 0 Å². The van der Waals surface area contributed by atoms with Gasteiger partial charge in [0, 0.05) is 11.0 Å². The lowest BCUT2D eigenvalue weighted by Gasteiger charge is -2.10. The first-order valence-electron chi connectivity index (χ1n) is 6.39. The average molecular weight is 300 g/mol. The summed E-state index contributed by atoms with van der Waals surface area (Å²) in [6, 6.07) is 6.19. The first kappa shape index (κ1) is 14.5. The molecule has 0 aliphatic carbocycles. The first-order valence-corrected chi connectivity index (χ1v) is 7.19. The summed E-state index contributed by atoms with van der Waals surface area (Å²) in [5.41, 5.74) is 1.26. The lowest BCUT2D eigenvalue weighted by Crippen LogP contribution is -2.14. The highest BCUT2D eigenvalue weighted by molar-refractivity contribution is 9.10. The fraction of sp³-hybridized carbons (Fsp3) is 0.571. The van der Waals surface area contributed by atoms with E-state index in [9.17, 15) is 0 Å². The van der Waals surface area contributed by atoms with Gasteiger partial charge in [0.1, 0.15) is 5.75 Å². The van der Waals surface area contributed by atoms with Gasteiger partial charge in [-0.05, 0) is 43.1 Å². The van der Waals surface area contributed by atoms with Crippen molar-refractivity contribution in [1.82, 2.24) is 5.32 Å². The predicted molar refractivity (Wildman–Crippen MR) is 76.5 cm³/mol. The summed E-state index contributed by atoms with van der Waals surface area (Å²) in [6.07, 6.45) is 3.44. The van der Waals surface area contributed by atoms with Crippen LogP contribution in [0.25, 0.3) is 0 Å².